The van der Waals surface area contributed by atoms with Crippen molar-refractivity contribution in [2.75, 3.05) is 0 Å². The minimum absolute atomic E-state index is 0. The quantitative estimate of drug-likeness (QED) is 0.271. The van der Waals surface area contributed by atoms with Gasteiger partial charge in [0.2, 0.25) is 0 Å². The number of halogens is 1. The molecule has 0 unspecified atom stereocenters. The normalized spacial score (nSPS) is 10.7. The summed E-state index contributed by atoms with van der Waals surface area (Å²) in [5, 5.41) is 0. The van der Waals surface area contributed by atoms with Crippen molar-refractivity contribution in [3.63, 3.8) is 0 Å². The Morgan fingerprint density at radius 2 is 0.909 bits per heavy atom. The van der Waals surface area contributed by atoms with Gasteiger partial charge in [0, 0.05) is 11.2 Å². The predicted octanol–water partition coefficient (Wildman–Crippen LogP) is -1.53. The molecule has 0 aliphatic carbocycles. The van der Waals surface area contributed by atoms with Gasteiger partial charge in [0.15, 0.2) is 0 Å². The second-order valence-corrected chi connectivity index (χ2v) is 4.28. The molecule has 68 valence electrons. The van der Waals surface area contributed by atoms with Gasteiger partial charge < -0.3 is 24.5 Å². The molecule has 11 heteroatoms. The predicted molar refractivity (Wildman–Crippen MR) is 40.7 cm³/mol. The third-order valence-corrected chi connectivity index (χ3v) is 0. The van der Waals surface area contributed by atoms with Crippen molar-refractivity contribution in [1.29, 1.82) is 0 Å². The number of rotatable bonds is 0. The maximum atomic E-state index is 9.09. The third-order valence-electron chi connectivity index (χ3n) is 0. The van der Waals surface area contributed by atoms with Crippen molar-refractivity contribution in [3.8, 4) is 0 Å². The van der Waals surface area contributed by atoms with Crippen LogP contribution in [0.2, 0.25) is 0 Å². The molecule has 7 nitrogen and oxygen atoms in total. The van der Waals surface area contributed by atoms with Crippen LogP contribution < -0.4 is 0 Å². The zero-order valence-corrected chi connectivity index (χ0v) is 6.87. The molecule has 0 heterocycles. The molecule has 0 spiro atoms. The van der Waals surface area contributed by atoms with Gasteiger partial charge in [-0.2, -0.15) is 0 Å². The zero-order chi connectivity index (χ0) is 9.00. The number of hydrogen-bond donors (Lipinski definition) is 5. The third kappa shape index (κ3) is 294. The van der Waals surface area contributed by atoms with Crippen LogP contribution in [0.15, 0.2) is 0 Å². The summed E-state index contributed by atoms with van der Waals surface area (Å²) in [5.41, 5.74) is 0. The summed E-state index contributed by atoms with van der Waals surface area (Å²) in [6.45, 7) is -4.17. The Morgan fingerprint density at radius 1 is 0.909 bits per heavy atom. The molecule has 0 aliphatic rings. The molecule has 0 saturated carbocycles. The van der Waals surface area contributed by atoms with Crippen LogP contribution in [0.25, 0.3) is 0 Å². The van der Waals surface area contributed by atoms with E-state index in [0.29, 0.717) is 0 Å². The van der Waals surface area contributed by atoms with Crippen molar-refractivity contribution in [1.82, 2.24) is 0 Å². The average molecular weight is 304 g/mol. The first-order valence-corrected chi connectivity index (χ1v) is 5.62. The summed E-state index contributed by atoms with van der Waals surface area (Å²) < 4.78 is 18.0. The van der Waals surface area contributed by atoms with Gasteiger partial charge in [-0.1, -0.05) is 0 Å². The van der Waals surface area contributed by atoms with E-state index in [1.165, 1.54) is 0 Å². The SMILES string of the molecule is O=P(O)(O)Cl.O=P(O)(O)O.[SrH2]. The van der Waals surface area contributed by atoms with E-state index in [2.05, 4.69) is 11.2 Å². The van der Waals surface area contributed by atoms with Crippen molar-refractivity contribution in [2.24, 2.45) is 0 Å². The topological polar surface area (TPSA) is 135 Å². The summed E-state index contributed by atoms with van der Waals surface area (Å²) in [5.74, 6) is 0. The van der Waals surface area contributed by atoms with Gasteiger partial charge in [0.1, 0.15) is 0 Å². The monoisotopic (exact) mass is 304 g/mol. The molecule has 0 rings (SSSR count). The van der Waals surface area contributed by atoms with E-state index < -0.39 is 14.8 Å². The van der Waals surface area contributed by atoms with Crippen molar-refractivity contribution < 1.29 is 33.6 Å². The first-order valence-electron chi connectivity index (χ1n) is 1.53. The van der Waals surface area contributed by atoms with Gasteiger partial charge in [0.05, 0.1) is 0 Å². The molecule has 0 aromatic carbocycles. The molecule has 0 radical (unpaired) electrons. The first-order chi connectivity index (χ1) is 4.00. The van der Waals surface area contributed by atoms with Gasteiger partial charge in [-0.3, -0.25) is 0 Å². The zero-order valence-electron chi connectivity index (χ0n) is 4.32. The Morgan fingerprint density at radius 3 is 0.909 bits per heavy atom. The van der Waals surface area contributed by atoms with Gasteiger partial charge >= 0.3 is 60.3 Å². The van der Waals surface area contributed by atoms with Crippen LogP contribution in [-0.2, 0) is 9.13 Å². The molecule has 0 bridgehead atoms. The van der Waals surface area contributed by atoms with E-state index in [4.69, 9.17) is 33.6 Å². The van der Waals surface area contributed by atoms with Gasteiger partial charge in [-0.05, 0) is 0 Å². The Hall–Kier alpha value is 2.03. The molecular formula is H7ClO7P2Sr. The second-order valence-electron chi connectivity index (χ2n) is 0.986. The molecule has 0 aliphatic heterocycles. The van der Waals surface area contributed by atoms with E-state index in [0.717, 1.165) is 0 Å². The van der Waals surface area contributed by atoms with Crippen LogP contribution in [0.3, 0.4) is 0 Å². The first kappa shape index (κ1) is 18.7. The van der Waals surface area contributed by atoms with Crippen LogP contribution in [0.5, 0.6) is 0 Å². The molecular weight excluding hydrogens is 297 g/mol. The molecule has 0 atom stereocenters. The Bertz CT molecular complexity index is 129. The summed E-state index contributed by atoms with van der Waals surface area (Å²) in [6, 6.07) is 0. The minimum atomic E-state index is -4.64. The molecule has 11 heavy (non-hydrogen) atoms. The van der Waals surface area contributed by atoms with Gasteiger partial charge in [-0.15, -0.1) is 0 Å². The van der Waals surface area contributed by atoms with Crippen LogP contribution in [-0.4, -0.2) is 69.9 Å². The number of phosphoric acid groups is 1. The van der Waals surface area contributed by atoms with E-state index >= 15 is 0 Å². The van der Waals surface area contributed by atoms with Crippen LogP contribution >= 0.6 is 26.0 Å². The van der Waals surface area contributed by atoms with Crippen LogP contribution in [0.1, 0.15) is 0 Å². The van der Waals surface area contributed by atoms with Gasteiger partial charge in [-0.25, -0.2) is 9.13 Å². The maximum absolute atomic E-state index is 9.09. The van der Waals surface area contributed by atoms with E-state index in [1.807, 2.05) is 0 Å². The Kier molecular flexibility index (Phi) is 12.7. The number of hydrogen-bond acceptors (Lipinski definition) is 2. The average Bonchev–Trinajstić information content (AvgIpc) is 1.12. The van der Waals surface area contributed by atoms with Crippen LogP contribution in [0, 0.1) is 0 Å². The van der Waals surface area contributed by atoms with E-state index in [-0.39, 0.29) is 45.5 Å². The fourth-order valence-corrected chi connectivity index (χ4v) is 0. The summed E-state index contributed by atoms with van der Waals surface area (Å²) in [4.78, 5) is 36.4. The molecule has 0 fully saturated rings. The van der Waals surface area contributed by atoms with Crippen molar-refractivity contribution >= 4 is 71.5 Å². The van der Waals surface area contributed by atoms with E-state index in [9.17, 15) is 0 Å². The Balaban J connectivity index is -0.000000107. The van der Waals surface area contributed by atoms with Crippen molar-refractivity contribution in [3.05, 3.63) is 0 Å². The fraction of sp³-hybridized carbons (Fsp3) is 0. The van der Waals surface area contributed by atoms with Crippen LogP contribution in [0.4, 0.5) is 0 Å². The fourth-order valence-electron chi connectivity index (χ4n) is 0. The van der Waals surface area contributed by atoms with Gasteiger partial charge in [0.25, 0.3) is 0 Å². The second kappa shape index (κ2) is 7.44. The molecule has 0 aromatic heterocycles. The summed E-state index contributed by atoms with van der Waals surface area (Å²) >= 11 is 4.20. The summed E-state index contributed by atoms with van der Waals surface area (Å²) in [6.07, 6.45) is 0. The van der Waals surface area contributed by atoms with Crippen molar-refractivity contribution in [2.45, 2.75) is 0 Å². The Labute approximate surface area is 104 Å². The standard InChI is InChI=1S/ClH2O3P.H3O4P.Sr.2H/c2*1-5(2,3)4;;;/h(H2,2,3,4);(H3,1,2,3,4);;;. The van der Waals surface area contributed by atoms with E-state index in [1.54, 1.807) is 0 Å². The molecule has 0 amide bonds. The molecule has 0 saturated heterocycles. The molecule has 5 N–H and O–H groups in total. The molecule has 0 aromatic rings. The summed E-state index contributed by atoms with van der Waals surface area (Å²) in [7, 11) is -4.64.